The molecule has 0 atom stereocenters. The molecule has 0 fully saturated rings. The van der Waals surface area contributed by atoms with E-state index in [1.807, 2.05) is 38.4 Å². The van der Waals surface area contributed by atoms with E-state index in [0.29, 0.717) is 5.75 Å². The van der Waals surface area contributed by atoms with Gasteiger partial charge in [-0.25, -0.2) is 4.68 Å². The molecule has 21 heavy (non-hydrogen) atoms. The van der Waals surface area contributed by atoms with E-state index < -0.39 is 0 Å². The number of carbonyl (C=O) groups is 1. The highest BCUT2D eigenvalue weighted by Gasteiger charge is 2.04. The number of anilines is 1. The maximum absolute atomic E-state index is 11.9. The highest BCUT2D eigenvalue weighted by molar-refractivity contribution is 7.99. The van der Waals surface area contributed by atoms with Gasteiger partial charge in [0.2, 0.25) is 5.91 Å². The fourth-order valence-electron chi connectivity index (χ4n) is 1.68. The molecule has 0 bridgehead atoms. The van der Waals surface area contributed by atoms with Gasteiger partial charge in [-0.3, -0.25) is 4.79 Å². The van der Waals surface area contributed by atoms with Crippen LogP contribution in [0.2, 0.25) is 0 Å². The normalized spacial score (nSPS) is 10.8. The van der Waals surface area contributed by atoms with Crippen molar-refractivity contribution in [1.82, 2.24) is 19.9 Å². The van der Waals surface area contributed by atoms with Gasteiger partial charge in [-0.2, -0.15) is 11.8 Å². The molecule has 1 amide bonds. The minimum absolute atomic E-state index is 0.00879. The average Bonchev–Trinajstić information content (AvgIpc) is 2.98. The largest absolute Gasteiger partial charge is 0.325 e. The number of thioether (sulfide) groups is 1. The summed E-state index contributed by atoms with van der Waals surface area (Å²) in [6.07, 6.45) is 3.38. The Hall–Kier alpha value is -1.86. The first-order valence-electron chi connectivity index (χ1n) is 6.64. The number of aromatic nitrogens is 3. The van der Waals surface area contributed by atoms with Crippen LogP contribution in [0.4, 0.5) is 5.69 Å². The molecule has 0 aliphatic rings. The van der Waals surface area contributed by atoms with Crippen LogP contribution in [0.25, 0.3) is 5.69 Å². The smallest absolute Gasteiger partial charge is 0.234 e. The molecule has 0 unspecified atom stereocenters. The summed E-state index contributed by atoms with van der Waals surface area (Å²) in [6, 6.07) is 7.53. The van der Waals surface area contributed by atoms with E-state index >= 15 is 0 Å². The third-order valence-corrected chi connectivity index (χ3v) is 3.67. The maximum Gasteiger partial charge on any atom is 0.234 e. The van der Waals surface area contributed by atoms with E-state index in [0.717, 1.165) is 23.7 Å². The summed E-state index contributed by atoms with van der Waals surface area (Å²) < 4.78 is 1.65. The summed E-state index contributed by atoms with van der Waals surface area (Å²) in [6.45, 7) is 0.972. The number of rotatable bonds is 7. The van der Waals surface area contributed by atoms with Gasteiger partial charge in [-0.05, 0) is 32.3 Å². The van der Waals surface area contributed by atoms with Crippen molar-refractivity contribution in [1.29, 1.82) is 0 Å². The molecule has 1 aromatic carbocycles. The van der Waals surface area contributed by atoms with Crippen molar-refractivity contribution in [3.63, 3.8) is 0 Å². The lowest BCUT2D eigenvalue weighted by Crippen LogP contribution is -2.18. The van der Waals surface area contributed by atoms with Crippen molar-refractivity contribution in [3.05, 3.63) is 36.7 Å². The molecule has 1 N–H and O–H groups in total. The fraction of sp³-hybridized carbons (Fsp3) is 0.357. The van der Waals surface area contributed by atoms with Crippen molar-refractivity contribution in [2.45, 2.75) is 0 Å². The van der Waals surface area contributed by atoms with Gasteiger partial charge in [0.1, 0.15) is 0 Å². The maximum atomic E-state index is 11.9. The topological polar surface area (TPSA) is 63.1 Å². The first kappa shape index (κ1) is 15.5. The van der Waals surface area contributed by atoms with E-state index in [1.165, 1.54) is 0 Å². The SMILES string of the molecule is CN(C)CCSCC(=O)Nc1cccc(-n2ccnn2)c1. The molecule has 0 saturated carbocycles. The van der Waals surface area contributed by atoms with Gasteiger partial charge in [-0.15, -0.1) is 5.10 Å². The van der Waals surface area contributed by atoms with E-state index in [2.05, 4.69) is 20.5 Å². The van der Waals surface area contributed by atoms with Gasteiger partial charge < -0.3 is 10.2 Å². The third kappa shape index (κ3) is 5.20. The number of nitrogens with zero attached hydrogens (tertiary/aromatic N) is 4. The zero-order chi connectivity index (χ0) is 15.1. The number of hydrogen-bond donors (Lipinski definition) is 1. The first-order chi connectivity index (χ1) is 10.1. The van der Waals surface area contributed by atoms with Crippen LogP contribution in [0.15, 0.2) is 36.7 Å². The summed E-state index contributed by atoms with van der Waals surface area (Å²) in [5.74, 6) is 1.41. The Morgan fingerprint density at radius 2 is 2.29 bits per heavy atom. The molecule has 7 heteroatoms. The Labute approximate surface area is 128 Å². The van der Waals surface area contributed by atoms with Crippen molar-refractivity contribution >= 4 is 23.4 Å². The minimum atomic E-state index is 0.00879. The van der Waals surface area contributed by atoms with Crippen LogP contribution in [0, 0.1) is 0 Å². The molecule has 1 aromatic heterocycles. The van der Waals surface area contributed by atoms with Crippen molar-refractivity contribution in [2.75, 3.05) is 37.5 Å². The molecule has 0 saturated heterocycles. The van der Waals surface area contributed by atoms with Gasteiger partial charge in [0.15, 0.2) is 0 Å². The molecule has 0 aliphatic carbocycles. The molecule has 0 spiro atoms. The second-order valence-corrected chi connectivity index (χ2v) is 5.91. The second-order valence-electron chi connectivity index (χ2n) is 4.80. The number of benzene rings is 1. The second kappa shape index (κ2) is 7.80. The van der Waals surface area contributed by atoms with E-state index in [4.69, 9.17) is 0 Å². The van der Waals surface area contributed by atoms with Crippen LogP contribution in [0.3, 0.4) is 0 Å². The highest BCUT2D eigenvalue weighted by Crippen LogP contribution is 2.14. The number of amides is 1. The van der Waals surface area contributed by atoms with Gasteiger partial charge in [0.05, 0.1) is 23.8 Å². The predicted octanol–water partition coefficient (Wildman–Crippen LogP) is 1.50. The number of carbonyl (C=O) groups excluding carboxylic acids is 1. The lowest BCUT2D eigenvalue weighted by Gasteiger charge is -2.09. The van der Waals surface area contributed by atoms with Crippen LogP contribution in [-0.2, 0) is 4.79 Å². The highest BCUT2D eigenvalue weighted by atomic mass is 32.2. The fourth-order valence-corrected chi connectivity index (χ4v) is 2.58. The molecule has 112 valence electrons. The molecule has 0 radical (unpaired) electrons. The summed E-state index contributed by atoms with van der Waals surface area (Å²) >= 11 is 1.63. The van der Waals surface area contributed by atoms with Crippen molar-refractivity contribution < 1.29 is 4.79 Å². The Balaban J connectivity index is 1.85. The van der Waals surface area contributed by atoms with Crippen LogP contribution in [-0.4, -0.2) is 57.9 Å². The van der Waals surface area contributed by atoms with Crippen LogP contribution in [0.1, 0.15) is 0 Å². The van der Waals surface area contributed by atoms with E-state index in [1.54, 1.807) is 28.8 Å². The van der Waals surface area contributed by atoms with Gasteiger partial charge in [0, 0.05) is 18.0 Å². The Morgan fingerprint density at radius 1 is 1.43 bits per heavy atom. The summed E-state index contributed by atoms with van der Waals surface area (Å²) in [4.78, 5) is 14.0. The first-order valence-corrected chi connectivity index (χ1v) is 7.80. The molecule has 1 heterocycles. The van der Waals surface area contributed by atoms with Gasteiger partial charge in [-0.1, -0.05) is 11.3 Å². The summed E-state index contributed by atoms with van der Waals surface area (Å²) in [7, 11) is 4.05. The zero-order valence-corrected chi connectivity index (χ0v) is 13.0. The molecule has 2 aromatic rings. The lowest BCUT2D eigenvalue weighted by atomic mass is 10.3. The quantitative estimate of drug-likeness (QED) is 0.786. The Kier molecular flexibility index (Phi) is 5.77. The van der Waals surface area contributed by atoms with Gasteiger partial charge in [0.25, 0.3) is 0 Å². The molecule has 0 aliphatic heterocycles. The summed E-state index contributed by atoms with van der Waals surface area (Å²) in [5, 5.41) is 10.6. The standard InChI is InChI=1S/C14H19N5OS/c1-18(2)8-9-21-11-14(20)16-12-4-3-5-13(10-12)19-7-6-15-17-19/h3-7,10H,8-9,11H2,1-2H3,(H,16,20). The minimum Gasteiger partial charge on any atom is -0.325 e. The van der Waals surface area contributed by atoms with E-state index in [-0.39, 0.29) is 5.91 Å². The number of nitrogens with one attached hydrogen (secondary N) is 1. The molecular weight excluding hydrogens is 286 g/mol. The van der Waals surface area contributed by atoms with Crippen LogP contribution < -0.4 is 5.32 Å². The van der Waals surface area contributed by atoms with Crippen molar-refractivity contribution in [2.24, 2.45) is 0 Å². The molecule has 2 rings (SSSR count). The predicted molar refractivity (Wildman–Crippen MR) is 85.9 cm³/mol. The zero-order valence-electron chi connectivity index (χ0n) is 12.2. The molecular formula is C14H19N5OS. The number of hydrogen-bond acceptors (Lipinski definition) is 5. The average molecular weight is 305 g/mol. The van der Waals surface area contributed by atoms with Crippen LogP contribution in [0.5, 0.6) is 0 Å². The van der Waals surface area contributed by atoms with Gasteiger partial charge >= 0.3 is 0 Å². The summed E-state index contributed by atoms with van der Waals surface area (Å²) in [5.41, 5.74) is 1.63. The Bertz CT molecular complexity index is 571. The van der Waals surface area contributed by atoms with E-state index in [9.17, 15) is 4.79 Å². The van der Waals surface area contributed by atoms with Crippen LogP contribution >= 0.6 is 11.8 Å². The third-order valence-electron chi connectivity index (χ3n) is 2.73. The molecule has 6 nitrogen and oxygen atoms in total. The monoisotopic (exact) mass is 305 g/mol. The Morgan fingerprint density at radius 3 is 3.00 bits per heavy atom. The van der Waals surface area contributed by atoms with Crippen molar-refractivity contribution in [3.8, 4) is 5.69 Å². The lowest BCUT2D eigenvalue weighted by molar-refractivity contribution is -0.113.